The molecule has 0 aliphatic heterocycles. The van der Waals surface area contributed by atoms with E-state index in [0.717, 1.165) is 22.8 Å². The predicted molar refractivity (Wildman–Crippen MR) is 190 cm³/mol. The molecule has 6 rings (SSSR count). The number of sulfonamides is 1. The number of aromatic nitrogens is 4. The predicted octanol–water partition coefficient (Wildman–Crippen LogP) is 7.17. The highest BCUT2D eigenvalue weighted by atomic mass is 35.5. The van der Waals surface area contributed by atoms with Crippen molar-refractivity contribution in [2.24, 2.45) is 7.05 Å². The van der Waals surface area contributed by atoms with Gasteiger partial charge in [-0.3, -0.25) is 24.3 Å². The Kier molecular flexibility index (Phi) is 9.51. The van der Waals surface area contributed by atoms with Gasteiger partial charge in [-0.05, 0) is 91.2 Å². The van der Waals surface area contributed by atoms with Gasteiger partial charge in [0.25, 0.3) is 21.6 Å². The van der Waals surface area contributed by atoms with E-state index in [2.05, 4.69) is 20.2 Å². The van der Waals surface area contributed by atoms with Crippen molar-refractivity contribution in [1.29, 1.82) is 0 Å². The van der Waals surface area contributed by atoms with E-state index in [0.29, 0.717) is 38.1 Å². The fraction of sp³-hybridized carbons (Fsp3) is 0.147. The molecule has 0 saturated carbocycles. The smallest absolute Gasteiger partial charge is 0.293 e. The highest BCUT2D eigenvalue weighted by Crippen LogP contribution is 2.31. The van der Waals surface area contributed by atoms with Crippen LogP contribution >= 0.6 is 23.2 Å². The maximum absolute atomic E-state index is 13.7. The SMILES string of the molecule is Cc1cc(Oc2ccc(Cn3nc4ccc(Cl)cc4c3C(=O)NS(=O)(=O)c3ccc(NCc4ccn(C)n4)c([N+](=O)[O-])c3)cc2)cc(C)c1Cl. The summed E-state index contributed by atoms with van der Waals surface area (Å²) in [6, 6.07) is 20.6. The quantitative estimate of drug-likeness (QED) is 0.104. The summed E-state index contributed by atoms with van der Waals surface area (Å²) < 4.78 is 37.9. The molecule has 50 heavy (non-hydrogen) atoms. The van der Waals surface area contributed by atoms with E-state index in [1.807, 2.05) is 26.0 Å². The van der Waals surface area contributed by atoms with Crippen molar-refractivity contribution < 1.29 is 22.9 Å². The maximum Gasteiger partial charge on any atom is 0.293 e. The number of ether oxygens (including phenoxy) is 1. The molecular formula is C34H29Cl2N7O6S. The number of rotatable bonds is 11. The van der Waals surface area contributed by atoms with Crippen LogP contribution in [-0.2, 0) is 30.2 Å². The van der Waals surface area contributed by atoms with Gasteiger partial charge in [0.1, 0.15) is 22.9 Å². The fourth-order valence-corrected chi connectivity index (χ4v) is 6.60. The first-order valence-electron chi connectivity index (χ1n) is 15.0. The van der Waals surface area contributed by atoms with Crippen LogP contribution in [0.25, 0.3) is 10.9 Å². The van der Waals surface area contributed by atoms with Crippen molar-refractivity contribution in [3.63, 3.8) is 0 Å². The van der Waals surface area contributed by atoms with Crippen LogP contribution in [0.2, 0.25) is 10.0 Å². The van der Waals surface area contributed by atoms with Crippen LogP contribution in [0, 0.1) is 24.0 Å². The molecule has 2 N–H and O–H groups in total. The van der Waals surface area contributed by atoms with Crippen LogP contribution in [0.4, 0.5) is 11.4 Å². The molecule has 0 aliphatic carbocycles. The average Bonchev–Trinajstić information content (AvgIpc) is 3.65. The first-order chi connectivity index (χ1) is 23.8. The minimum absolute atomic E-state index is 0.0679. The largest absolute Gasteiger partial charge is 0.457 e. The van der Waals surface area contributed by atoms with Gasteiger partial charge in [0.2, 0.25) is 0 Å². The van der Waals surface area contributed by atoms with Gasteiger partial charge in [-0.25, -0.2) is 13.1 Å². The van der Waals surface area contributed by atoms with Gasteiger partial charge in [-0.1, -0.05) is 35.3 Å². The van der Waals surface area contributed by atoms with E-state index in [1.54, 1.807) is 60.4 Å². The van der Waals surface area contributed by atoms with E-state index in [9.17, 15) is 23.3 Å². The van der Waals surface area contributed by atoms with Crippen LogP contribution in [0.5, 0.6) is 11.5 Å². The normalized spacial score (nSPS) is 11.5. The number of fused-ring (bicyclic) bond motifs is 1. The zero-order valence-electron chi connectivity index (χ0n) is 26.8. The molecular weight excluding hydrogens is 705 g/mol. The molecule has 1 amide bonds. The Morgan fingerprint density at radius 3 is 2.32 bits per heavy atom. The maximum atomic E-state index is 13.7. The van der Waals surface area contributed by atoms with Crippen molar-refractivity contribution in [3.05, 3.63) is 133 Å². The Labute approximate surface area is 296 Å². The minimum atomic E-state index is -4.58. The Morgan fingerprint density at radius 1 is 0.940 bits per heavy atom. The topological polar surface area (TPSA) is 163 Å². The molecule has 0 spiro atoms. The first-order valence-corrected chi connectivity index (χ1v) is 17.3. The van der Waals surface area contributed by atoms with Crippen LogP contribution in [-0.4, -0.2) is 38.8 Å². The summed E-state index contributed by atoms with van der Waals surface area (Å²) in [7, 11) is -2.84. The molecule has 0 atom stereocenters. The molecule has 0 unspecified atom stereocenters. The lowest BCUT2D eigenvalue weighted by molar-refractivity contribution is -0.384. The van der Waals surface area contributed by atoms with Crippen molar-refractivity contribution in [2.45, 2.75) is 31.8 Å². The second kappa shape index (κ2) is 13.8. The zero-order chi connectivity index (χ0) is 35.7. The van der Waals surface area contributed by atoms with Gasteiger partial charge in [-0.2, -0.15) is 10.2 Å². The standard InChI is InChI=1S/C34H29Cl2N7O6S/c1-20-14-26(15-21(2)32(20)36)49-25-7-4-22(5-8-25)19-42-33(28-16-23(35)6-10-29(28)39-42)34(44)40-50(47,48)27-9-11-30(31(17-27)43(45)46)37-18-24-12-13-41(3)38-24/h4-17,37H,18-19H2,1-3H3,(H,40,44). The van der Waals surface area contributed by atoms with Gasteiger partial charge >= 0.3 is 0 Å². The second-order valence-electron chi connectivity index (χ2n) is 11.5. The third-order valence-corrected chi connectivity index (χ3v) is 9.91. The number of carbonyl (C=O) groups is 1. The number of aryl methyl sites for hydroxylation is 3. The molecule has 4 aromatic carbocycles. The monoisotopic (exact) mass is 733 g/mol. The van der Waals surface area contributed by atoms with Crippen molar-refractivity contribution in [3.8, 4) is 11.5 Å². The zero-order valence-corrected chi connectivity index (χ0v) is 29.2. The van der Waals surface area contributed by atoms with Crippen molar-refractivity contribution in [1.82, 2.24) is 24.3 Å². The first kappa shape index (κ1) is 34.4. The number of hydrogen-bond donors (Lipinski definition) is 2. The molecule has 0 saturated heterocycles. The average molecular weight is 735 g/mol. The van der Waals surface area contributed by atoms with Gasteiger partial charge in [0.05, 0.1) is 34.1 Å². The molecule has 2 aromatic heterocycles. The Morgan fingerprint density at radius 2 is 1.66 bits per heavy atom. The number of nitro benzene ring substituents is 1. The van der Waals surface area contributed by atoms with Gasteiger partial charge in [-0.15, -0.1) is 0 Å². The fourth-order valence-electron chi connectivity index (χ4n) is 5.35. The summed E-state index contributed by atoms with van der Waals surface area (Å²) in [5.41, 5.74) is 3.07. The lowest BCUT2D eigenvalue weighted by atomic mass is 10.1. The molecule has 13 nitrogen and oxygen atoms in total. The summed E-state index contributed by atoms with van der Waals surface area (Å²) in [6.45, 7) is 4.06. The Balaban J connectivity index is 1.25. The van der Waals surface area contributed by atoms with Crippen molar-refractivity contribution in [2.75, 3.05) is 5.32 Å². The summed E-state index contributed by atoms with van der Waals surface area (Å²) in [5.74, 6) is 0.208. The van der Waals surface area contributed by atoms with E-state index in [-0.39, 0.29) is 24.5 Å². The number of hydrogen-bond acceptors (Lipinski definition) is 9. The van der Waals surface area contributed by atoms with Gasteiger partial charge < -0.3 is 10.1 Å². The molecule has 6 aromatic rings. The molecule has 0 bridgehead atoms. The summed E-state index contributed by atoms with van der Waals surface area (Å²) >= 11 is 12.5. The van der Waals surface area contributed by atoms with Gasteiger partial charge in [0.15, 0.2) is 0 Å². The van der Waals surface area contributed by atoms with Crippen LogP contribution in [0.3, 0.4) is 0 Å². The highest BCUT2D eigenvalue weighted by molar-refractivity contribution is 7.90. The third-order valence-electron chi connectivity index (χ3n) is 7.75. The number of anilines is 1. The molecule has 0 fully saturated rings. The number of nitrogens with zero attached hydrogens (tertiary/aromatic N) is 5. The molecule has 16 heteroatoms. The Hall–Kier alpha value is -5.44. The molecule has 2 heterocycles. The van der Waals surface area contributed by atoms with E-state index >= 15 is 0 Å². The Bertz CT molecular complexity index is 2370. The lowest BCUT2D eigenvalue weighted by Gasteiger charge is -2.12. The highest BCUT2D eigenvalue weighted by Gasteiger charge is 2.27. The number of benzene rings is 4. The molecule has 0 aliphatic rings. The number of amides is 1. The number of nitrogens with one attached hydrogen (secondary N) is 2. The van der Waals surface area contributed by atoms with E-state index in [1.165, 1.54) is 22.9 Å². The van der Waals surface area contributed by atoms with Crippen LogP contribution in [0.15, 0.2) is 90.0 Å². The van der Waals surface area contributed by atoms with Crippen LogP contribution in [0.1, 0.15) is 32.9 Å². The van der Waals surface area contributed by atoms with Crippen LogP contribution < -0.4 is 14.8 Å². The molecule has 256 valence electrons. The van der Waals surface area contributed by atoms with Crippen molar-refractivity contribution >= 4 is 61.4 Å². The van der Waals surface area contributed by atoms with E-state index < -0.39 is 31.4 Å². The summed E-state index contributed by atoms with van der Waals surface area (Å²) in [5, 5.41) is 24.9. The number of carbonyl (C=O) groups excluding carboxylic acids is 1. The summed E-state index contributed by atoms with van der Waals surface area (Å²) in [6.07, 6.45) is 1.73. The molecule has 0 radical (unpaired) electrons. The second-order valence-corrected chi connectivity index (χ2v) is 14.0. The number of halogens is 2. The third kappa shape index (κ3) is 7.42. The minimum Gasteiger partial charge on any atom is -0.457 e. The van der Waals surface area contributed by atoms with Gasteiger partial charge in [0, 0.05) is 34.7 Å². The lowest BCUT2D eigenvalue weighted by Crippen LogP contribution is -2.32. The number of nitro groups is 1. The summed E-state index contributed by atoms with van der Waals surface area (Å²) in [4.78, 5) is 24.5. The van der Waals surface area contributed by atoms with E-state index in [4.69, 9.17) is 27.9 Å².